The van der Waals surface area contributed by atoms with Crippen molar-refractivity contribution in [2.75, 3.05) is 5.32 Å². The molecular weight excluding hydrogens is 346 g/mol. The minimum Gasteiger partial charge on any atom is -0.377 e. The Labute approximate surface area is 146 Å². The molecule has 0 amide bonds. The van der Waals surface area contributed by atoms with Crippen LogP contribution in [-0.4, -0.2) is 0 Å². The van der Waals surface area contributed by atoms with Gasteiger partial charge in [-0.1, -0.05) is 72.3 Å². The highest BCUT2D eigenvalue weighted by molar-refractivity contribution is 9.10. The van der Waals surface area contributed by atoms with Gasteiger partial charge in [-0.3, -0.25) is 0 Å². The summed E-state index contributed by atoms with van der Waals surface area (Å²) in [5.41, 5.74) is 5.66. The van der Waals surface area contributed by atoms with E-state index in [-0.39, 0.29) is 0 Å². The van der Waals surface area contributed by atoms with Crippen molar-refractivity contribution in [3.63, 3.8) is 0 Å². The summed E-state index contributed by atoms with van der Waals surface area (Å²) in [7, 11) is 0. The Balaban J connectivity index is 1.82. The zero-order chi connectivity index (χ0) is 16.0. The van der Waals surface area contributed by atoms with Gasteiger partial charge < -0.3 is 5.32 Å². The number of rotatable bonds is 2. The van der Waals surface area contributed by atoms with Crippen molar-refractivity contribution in [1.82, 2.24) is 0 Å². The molecule has 1 nitrogen and oxygen atoms in total. The zero-order valence-electron chi connectivity index (χ0n) is 13.6. The van der Waals surface area contributed by atoms with Gasteiger partial charge in [0.25, 0.3) is 0 Å². The lowest BCUT2D eigenvalue weighted by atomic mass is 9.75. The van der Waals surface area contributed by atoms with Gasteiger partial charge in [-0.05, 0) is 47.1 Å². The van der Waals surface area contributed by atoms with Crippen LogP contribution in [0.25, 0.3) is 0 Å². The van der Waals surface area contributed by atoms with Crippen LogP contribution in [0.2, 0.25) is 0 Å². The van der Waals surface area contributed by atoms with E-state index in [1.807, 2.05) is 0 Å². The first-order valence-electron chi connectivity index (χ1n) is 8.46. The van der Waals surface area contributed by atoms with Crippen LogP contribution < -0.4 is 5.32 Å². The largest absolute Gasteiger partial charge is 0.377 e. The van der Waals surface area contributed by atoms with Gasteiger partial charge in [0.15, 0.2) is 0 Å². The topological polar surface area (TPSA) is 12.0 Å². The molecular formula is C21H22BrN. The maximum Gasteiger partial charge on any atom is 0.0554 e. The fourth-order valence-corrected chi connectivity index (χ4v) is 4.39. The number of allylic oxidation sites excluding steroid dienone is 2. The lowest BCUT2D eigenvalue weighted by Gasteiger charge is -2.39. The Kier molecular flexibility index (Phi) is 3.81. The van der Waals surface area contributed by atoms with Crippen LogP contribution in [0.4, 0.5) is 5.69 Å². The zero-order valence-corrected chi connectivity index (χ0v) is 15.2. The Morgan fingerprint density at radius 3 is 2.61 bits per heavy atom. The summed E-state index contributed by atoms with van der Waals surface area (Å²) >= 11 is 3.55. The first-order chi connectivity index (χ1) is 11.1. The molecule has 23 heavy (non-hydrogen) atoms. The quantitative estimate of drug-likeness (QED) is 0.605. The number of para-hydroxylation sites is 1. The molecule has 0 saturated carbocycles. The van der Waals surface area contributed by atoms with Crippen LogP contribution in [-0.2, 0) is 0 Å². The van der Waals surface area contributed by atoms with Gasteiger partial charge in [0.05, 0.1) is 6.04 Å². The highest BCUT2D eigenvalue weighted by Gasteiger charge is 2.38. The molecule has 4 rings (SSSR count). The molecule has 2 aromatic rings. The maximum absolute atomic E-state index is 3.90. The number of halogens is 1. The monoisotopic (exact) mass is 367 g/mol. The molecule has 1 N–H and O–H groups in total. The average molecular weight is 368 g/mol. The second-order valence-corrected chi connectivity index (χ2v) is 7.91. The predicted octanol–water partition coefficient (Wildman–Crippen LogP) is 6.40. The van der Waals surface area contributed by atoms with Crippen molar-refractivity contribution in [1.29, 1.82) is 0 Å². The Morgan fingerprint density at radius 1 is 1.09 bits per heavy atom. The molecule has 3 atom stereocenters. The molecule has 0 fully saturated rings. The summed E-state index contributed by atoms with van der Waals surface area (Å²) in [4.78, 5) is 0. The second kappa shape index (κ2) is 5.83. The maximum atomic E-state index is 3.90. The summed E-state index contributed by atoms with van der Waals surface area (Å²) in [6.07, 6.45) is 5.93. The van der Waals surface area contributed by atoms with Crippen molar-refractivity contribution < 1.29 is 0 Å². The van der Waals surface area contributed by atoms with Gasteiger partial charge >= 0.3 is 0 Å². The van der Waals surface area contributed by atoms with Crippen LogP contribution in [0.1, 0.15) is 54.8 Å². The van der Waals surface area contributed by atoms with Gasteiger partial charge in [-0.25, -0.2) is 0 Å². The highest BCUT2D eigenvalue weighted by Crippen LogP contribution is 2.51. The number of nitrogens with one attached hydrogen (secondary N) is 1. The van der Waals surface area contributed by atoms with Crippen LogP contribution in [0.5, 0.6) is 0 Å². The van der Waals surface area contributed by atoms with Crippen LogP contribution >= 0.6 is 15.9 Å². The fraction of sp³-hybridized carbons (Fsp3) is 0.333. The van der Waals surface area contributed by atoms with Crippen molar-refractivity contribution in [2.45, 2.75) is 38.1 Å². The van der Waals surface area contributed by atoms with E-state index in [1.54, 1.807) is 0 Å². The summed E-state index contributed by atoms with van der Waals surface area (Å²) in [6.45, 7) is 4.56. The van der Waals surface area contributed by atoms with E-state index in [9.17, 15) is 0 Å². The van der Waals surface area contributed by atoms with E-state index < -0.39 is 0 Å². The number of hydrogen-bond donors (Lipinski definition) is 1. The average Bonchev–Trinajstić information content (AvgIpc) is 3.04. The third-order valence-electron chi connectivity index (χ3n) is 5.28. The van der Waals surface area contributed by atoms with E-state index in [0.29, 0.717) is 23.8 Å². The standard InChI is InChI=1S/C21H22BrN/c1-13(2)16-5-3-8-19-17-6-4-7-18(17)20(23-21(16)19)14-9-11-15(22)12-10-14/h3-6,8-13,17-18,20,23H,7H2,1-2H3/t17-,18-,20+/m0/s1. The van der Waals surface area contributed by atoms with Gasteiger partial charge in [0.2, 0.25) is 0 Å². The number of fused-ring (bicyclic) bond motifs is 3. The molecule has 1 aliphatic heterocycles. The van der Waals surface area contributed by atoms with Crippen molar-refractivity contribution in [3.05, 3.63) is 75.8 Å². The van der Waals surface area contributed by atoms with Gasteiger partial charge in [-0.2, -0.15) is 0 Å². The SMILES string of the molecule is CC(C)c1cccc2c1N[C@H](c1ccc(Br)cc1)[C@H]1CC=C[C@H]21. The third-order valence-corrected chi connectivity index (χ3v) is 5.81. The van der Waals surface area contributed by atoms with Crippen LogP contribution in [0.3, 0.4) is 0 Å². The summed E-state index contributed by atoms with van der Waals surface area (Å²) < 4.78 is 1.14. The van der Waals surface area contributed by atoms with E-state index >= 15 is 0 Å². The smallest absolute Gasteiger partial charge is 0.0554 e. The van der Waals surface area contributed by atoms with E-state index in [2.05, 4.69) is 89.7 Å². The third kappa shape index (κ3) is 2.53. The molecule has 118 valence electrons. The minimum atomic E-state index is 0.385. The van der Waals surface area contributed by atoms with Crippen molar-refractivity contribution in [2.24, 2.45) is 5.92 Å². The second-order valence-electron chi connectivity index (χ2n) is 6.99. The molecule has 0 spiro atoms. The van der Waals surface area contributed by atoms with Crippen molar-refractivity contribution >= 4 is 21.6 Å². The fourth-order valence-electron chi connectivity index (χ4n) is 4.13. The lowest BCUT2D eigenvalue weighted by Crippen LogP contribution is -2.29. The Morgan fingerprint density at radius 2 is 1.87 bits per heavy atom. The summed E-state index contributed by atoms with van der Waals surface area (Å²) in [5.74, 6) is 1.69. The number of anilines is 1. The van der Waals surface area contributed by atoms with Gasteiger partial charge in [0, 0.05) is 16.1 Å². The molecule has 0 unspecified atom stereocenters. The van der Waals surface area contributed by atoms with Gasteiger partial charge in [-0.15, -0.1) is 0 Å². The molecule has 0 aromatic heterocycles. The normalized spacial score (nSPS) is 25.1. The van der Waals surface area contributed by atoms with Gasteiger partial charge in [0.1, 0.15) is 0 Å². The molecule has 1 heterocycles. The summed E-state index contributed by atoms with van der Waals surface area (Å²) in [5, 5.41) is 3.90. The molecule has 0 bridgehead atoms. The molecule has 2 aliphatic rings. The first kappa shape index (κ1) is 15.0. The molecule has 2 aromatic carbocycles. The Hall–Kier alpha value is -1.54. The molecule has 1 aliphatic carbocycles. The molecule has 2 heteroatoms. The first-order valence-corrected chi connectivity index (χ1v) is 9.26. The molecule has 0 radical (unpaired) electrons. The van der Waals surface area contributed by atoms with E-state index in [0.717, 1.165) is 10.9 Å². The van der Waals surface area contributed by atoms with Crippen LogP contribution in [0.15, 0.2) is 59.1 Å². The number of hydrogen-bond acceptors (Lipinski definition) is 1. The number of benzene rings is 2. The van der Waals surface area contributed by atoms with Crippen molar-refractivity contribution in [3.8, 4) is 0 Å². The summed E-state index contributed by atoms with van der Waals surface area (Å²) in [6, 6.07) is 16.0. The highest BCUT2D eigenvalue weighted by atomic mass is 79.9. The lowest BCUT2D eigenvalue weighted by molar-refractivity contribution is 0.424. The van der Waals surface area contributed by atoms with Crippen LogP contribution in [0, 0.1) is 5.92 Å². The Bertz CT molecular complexity index is 745. The minimum absolute atomic E-state index is 0.385. The molecule has 0 saturated heterocycles. The predicted molar refractivity (Wildman–Crippen MR) is 101 cm³/mol. The van der Waals surface area contributed by atoms with E-state index in [1.165, 1.54) is 22.4 Å². The van der Waals surface area contributed by atoms with E-state index in [4.69, 9.17) is 0 Å².